The van der Waals surface area contributed by atoms with E-state index in [1.54, 1.807) is 12.1 Å². The van der Waals surface area contributed by atoms with E-state index >= 15 is 0 Å². The molecule has 1 aliphatic heterocycles. The number of hydrogen-bond acceptors (Lipinski definition) is 4. The van der Waals surface area contributed by atoms with Crippen molar-refractivity contribution in [2.24, 2.45) is 0 Å². The maximum Gasteiger partial charge on any atom is 0.343 e. The van der Waals surface area contributed by atoms with Gasteiger partial charge < -0.3 is 9.84 Å². The van der Waals surface area contributed by atoms with E-state index in [-0.39, 0.29) is 21.5 Å². The summed E-state index contributed by atoms with van der Waals surface area (Å²) in [6.07, 6.45) is 0.997. The highest BCUT2D eigenvalue weighted by atomic mass is 32.2. The van der Waals surface area contributed by atoms with Gasteiger partial charge in [0.25, 0.3) is 0 Å². The number of ether oxygens (including phenoxy) is 1. The standard InChI is InChI=1S/C22H24O4S/c1-13-10-18-16(21(2,3)12-22(4,5)27-18)11-15(13)20(25)26-17-9-7-6-8-14(17)19(23)24/h6-11H,12H2,1-5H3,(H,23,24). The van der Waals surface area contributed by atoms with E-state index in [9.17, 15) is 14.7 Å². The molecule has 0 amide bonds. The van der Waals surface area contributed by atoms with Crippen molar-refractivity contribution >= 4 is 23.7 Å². The fourth-order valence-corrected chi connectivity index (χ4v) is 5.60. The van der Waals surface area contributed by atoms with Crippen LogP contribution in [0.1, 0.15) is 66.0 Å². The van der Waals surface area contributed by atoms with Gasteiger partial charge in [0, 0.05) is 9.64 Å². The van der Waals surface area contributed by atoms with Crippen LogP contribution in [0.15, 0.2) is 41.3 Å². The highest BCUT2D eigenvalue weighted by molar-refractivity contribution is 8.00. The van der Waals surface area contributed by atoms with E-state index in [1.807, 2.05) is 30.8 Å². The molecular formula is C22H24O4S. The van der Waals surface area contributed by atoms with Gasteiger partial charge in [0.15, 0.2) is 0 Å². The van der Waals surface area contributed by atoms with Crippen molar-refractivity contribution in [2.45, 2.75) is 56.1 Å². The Kier molecular flexibility index (Phi) is 4.85. The van der Waals surface area contributed by atoms with Gasteiger partial charge >= 0.3 is 11.9 Å². The highest BCUT2D eigenvalue weighted by Crippen LogP contribution is 2.51. The first-order chi connectivity index (χ1) is 12.5. The number of fused-ring (bicyclic) bond motifs is 1. The molecule has 0 unspecified atom stereocenters. The minimum absolute atomic E-state index is 0.0286. The van der Waals surface area contributed by atoms with Gasteiger partial charge in [-0.3, -0.25) is 0 Å². The predicted octanol–water partition coefficient (Wildman–Crippen LogP) is 5.46. The molecule has 0 saturated heterocycles. The third-order valence-corrected chi connectivity index (χ3v) is 6.10. The number of hydrogen-bond donors (Lipinski definition) is 1. The summed E-state index contributed by atoms with van der Waals surface area (Å²) >= 11 is 1.83. The molecule has 0 saturated carbocycles. The maximum absolute atomic E-state index is 12.8. The molecule has 4 nitrogen and oxygen atoms in total. The SMILES string of the molecule is Cc1cc2c(cc1C(=O)Oc1ccccc1C(=O)O)C(C)(C)CC(C)(C)S2. The topological polar surface area (TPSA) is 63.6 Å². The molecule has 0 radical (unpaired) electrons. The van der Waals surface area contributed by atoms with E-state index in [2.05, 4.69) is 27.7 Å². The van der Waals surface area contributed by atoms with Crippen LogP contribution in [0.3, 0.4) is 0 Å². The molecule has 2 aromatic carbocycles. The van der Waals surface area contributed by atoms with E-state index < -0.39 is 11.9 Å². The van der Waals surface area contributed by atoms with E-state index in [0.29, 0.717) is 5.56 Å². The second-order valence-corrected chi connectivity index (χ2v) is 10.0. The van der Waals surface area contributed by atoms with Crippen LogP contribution in [-0.4, -0.2) is 21.8 Å². The lowest BCUT2D eigenvalue weighted by Gasteiger charge is -2.42. The number of thioether (sulfide) groups is 1. The maximum atomic E-state index is 12.8. The molecule has 0 aromatic heterocycles. The average Bonchev–Trinajstić information content (AvgIpc) is 2.52. The number of aryl methyl sites for hydroxylation is 1. The number of esters is 1. The zero-order chi connectivity index (χ0) is 20.0. The van der Waals surface area contributed by atoms with Crippen LogP contribution in [0, 0.1) is 6.92 Å². The van der Waals surface area contributed by atoms with Crippen LogP contribution in [-0.2, 0) is 5.41 Å². The molecule has 3 rings (SSSR count). The smallest absolute Gasteiger partial charge is 0.343 e. The van der Waals surface area contributed by atoms with Gasteiger partial charge in [-0.15, -0.1) is 11.8 Å². The van der Waals surface area contributed by atoms with Gasteiger partial charge in [0.05, 0.1) is 5.56 Å². The molecule has 1 heterocycles. The minimum atomic E-state index is -1.12. The Labute approximate surface area is 163 Å². The van der Waals surface area contributed by atoms with Crippen molar-refractivity contribution in [3.8, 4) is 5.75 Å². The summed E-state index contributed by atoms with van der Waals surface area (Å²) in [5.41, 5.74) is 2.34. The fraction of sp³-hybridized carbons (Fsp3) is 0.364. The van der Waals surface area contributed by atoms with Crippen molar-refractivity contribution in [3.05, 3.63) is 58.7 Å². The lowest BCUT2D eigenvalue weighted by atomic mass is 9.76. The minimum Gasteiger partial charge on any atom is -0.478 e. The number of rotatable bonds is 3. The molecule has 1 N–H and O–H groups in total. The lowest BCUT2D eigenvalue weighted by molar-refractivity contribution is 0.0681. The Bertz CT molecular complexity index is 928. The van der Waals surface area contributed by atoms with Crippen LogP contribution < -0.4 is 4.74 Å². The van der Waals surface area contributed by atoms with Crippen molar-refractivity contribution in [3.63, 3.8) is 0 Å². The summed E-state index contributed by atoms with van der Waals surface area (Å²) in [5.74, 6) is -1.60. The summed E-state index contributed by atoms with van der Waals surface area (Å²) in [6, 6.07) is 10.1. The monoisotopic (exact) mass is 384 g/mol. The molecule has 0 aliphatic carbocycles. The van der Waals surface area contributed by atoms with Gasteiger partial charge in [0.2, 0.25) is 0 Å². The van der Waals surface area contributed by atoms with E-state index in [4.69, 9.17) is 4.74 Å². The first kappa shape index (κ1) is 19.5. The number of benzene rings is 2. The van der Waals surface area contributed by atoms with Crippen LogP contribution in [0.5, 0.6) is 5.75 Å². The molecular weight excluding hydrogens is 360 g/mol. The Balaban J connectivity index is 1.99. The van der Waals surface area contributed by atoms with E-state index in [1.165, 1.54) is 17.0 Å². The molecule has 0 bridgehead atoms. The summed E-state index contributed by atoms with van der Waals surface area (Å²) in [5, 5.41) is 9.29. The number of aromatic carboxylic acids is 1. The number of carboxylic acids is 1. The molecule has 0 spiro atoms. The Morgan fingerprint density at radius 1 is 1.07 bits per heavy atom. The van der Waals surface area contributed by atoms with Crippen molar-refractivity contribution < 1.29 is 19.4 Å². The number of carbonyl (C=O) groups excluding carboxylic acids is 1. The number of carbonyl (C=O) groups is 2. The van der Waals surface area contributed by atoms with E-state index in [0.717, 1.165) is 17.5 Å². The highest BCUT2D eigenvalue weighted by Gasteiger charge is 2.38. The van der Waals surface area contributed by atoms with Crippen LogP contribution in [0.2, 0.25) is 0 Å². The summed E-state index contributed by atoms with van der Waals surface area (Å²) < 4.78 is 5.58. The van der Waals surface area contributed by atoms with Gasteiger partial charge in [-0.1, -0.05) is 39.8 Å². The summed E-state index contributed by atoms with van der Waals surface area (Å²) in [6.45, 7) is 10.7. The average molecular weight is 384 g/mol. The normalized spacial score (nSPS) is 17.1. The van der Waals surface area contributed by atoms with Crippen molar-refractivity contribution in [1.82, 2.24) is 0 Å². The van der Waals surface area contributed by atoms with Crippen molar-refractivity contribution in [2.75, 3.05) is 0 Å². The van der Waals surface area contributed by atoms with Crippen molar-refractivity contribution in [1.29, 1.82) is 0 Å². The third-order valence-electron chi connectivity index (χ3n) is 4.85. The predicted molar refractivity (Wildman–Crippen MR) is 107 cm³/mol. The zero-order valence-corrected chi connectivity index (χ0v) is 17.1. The zero-order valence-electron chi connectivity index (χ0n) is 16.3. The van der Waals surface area contributed by atoms with Crippen LogP contribution in [0.25, 0.3) is 0 Å². The largest absolute Gasteiger partial charge is 0.478 e. The van der Waals surface area contributed by atoms with Crippen LogP contribution in [0.4, 0.5) is 0 Å². The number of carboxylic acid groups (broad SMARTS) is 1. The van der Waals surface area contributed by atoms with Crippen LogP contribution >= 0.6 is 11.8 Å². The molecule has 0 atom stereocenters. The first-order valence-corrected chi connectivity index (χ1v) is 9.70. The molecule has 2 aromatic rings. The number of para-hydroxylation sites is 1. The fourth-order valence-electron chi connectivity index (χ4n) is 3.90. The second kappa shape index (κ2) is 6.71. The molecule has 5 heteroatoms. The summed E-state index contributed by atoms with van der Waals surface area (Å²) in [4.78, 5) is 25.4. The summed E-state index contributed by atoms with van der Waals surface area (Å²) in [7, 11) is 0. The first-order valence-electron chi connectivity index (χ1n) is 8.89. The van der Waals surface area contributed by atoms with Gasteiger partial charge in [-0.05, 0) is 54.2 Å². The molecule has 142 valence electrons. The third kappa shape index (κ3) is 3.88. The quantitative estimate of drug-likeness (QED) is 0.562. The Morgan fingerprint density at radius 2 is 1.74 bits per heavy atom. The Morgan fingerprint density at radius 3 is 2.41 bits per heavy atom. The second-order valence-electron chi connectivity index (χ2n) is 8.28. The van der Waals surface area contributed by atoms with Gasteiger partial charge in [-0.2, -0.15) is 0 Å². The molecule has 0 fully saturated rings. The molecule has 27 heavy (non-hydrogen) atoms. The van der Waals surface area contributed by atoms with Gasteiger partial charge in [0.1, 0.15) is 11.3 Å². The van der Waals surface area contributed by atoms with Gasteiger partial charge in [-0.25, -0.2) is 9.59 Å². The Hall–Kier alpha value is -2.27. The lowest BCUT2D eigenvalue weighted by Crippen LogP contribution is -2.34. The molecule has 1 aliphatic rings.